The SMILES string of the molecule is ClCC1(CNCc2cccc3ccccc23)CC1. The molecule has 0 heterocycles. The number of fused-ring (bicyclic) bond motifs is 1. The highest BCUT2D eigenvalue weighted by Crippen LogP contribution is 2.45. The maximum absolute atomic E-state index is 5.99. The molecular formula is C16H18ClN. The second-order valence-electron chi connectivity index (χ2n) is 5.38. The summed E-state index contributed by atoms with van der Waals surface area (Å²) >= 11 is 5.99. The summed E-state index contributed by atoms with van der Waals surface area (Å²) in [6, 6.07) is 15.1. The Kier molecular flexibility index (Phi) is 3.27. The Morgan fingerprint density at radius 3 is 2.61 bits per heavy atom. The van der Waals surface area contributed by atoms with Crippen LogP contribution < -0.4 is 5.32 Å². The van der Waals surface area contributed by atoms with Crippen LogP contribution in [-0.2, 0) is 6.54 Å². The third-order valence-corrected chi connectivity index (χ3v) is 4.50. The zero-order valence-electron chi connectivity index (χ0n) is 10.5. The first kappa shape index (κ1) is 12.0. The lowest BCUT2D eigenvalue weighted by Crippen LogP contribution is -2.24. The highest BCUT2D eigenvalue weighted by atomic mass is 35.5. The van der Waals surface area contributed by atoms with Crippen molar-refractivity contribution in [1.29, 1.82) is 0 Å². The van der Waals surface area contributed by atoms with Gasteiger partial charge in [-0.15, -0.1) is 11.6 Å². The molecule has 0 radical (unpaired) electrons. The highest BCUT2D eigenvalue weighted by Gasteiger charge is 2.41. The Balaban J connectivity index is 1.71. The van der Waals surface area contributed by atoms with Gasteiger partial charge in [0.05, 0.1) is 0 Å². The summed E-state index contributed by atoms with van der Waals surface area (Å²) in [5, 5.41) is 6.23. The van der Waals surface area contributed by atoms with Gasteiger partial charge in [-0.2, -0.15) is 0 Å². The van der Waals surface area contributed by atoms with Gasteiger partial charge in [0.25, 0.3) is 0 Å². The minimum absolute atomic E-state index is 0.395. The summed E-state index contributed by atoms with van der Waals surface area (Å²) in [6.07, 6.45) is 2.55. The van der Waals surface area contributed by atoms with Crippen molar-refractivity contribution in [3.8, 4) is 0 Å². The van der Waals surface area contributed by atoms with Crippen LogP contribution in [0, 0.1) is 5.41 Å². The Hall–Kier alpha value is -1.05. The van der Waals surface area contributed by atoms with E-state index in [9.17, 15) is 0 Å². The van der Waals surface area contributed by atoms with E-state index in [2.05, 4.69) is 47.8 Å². The van der Waals surface area contributed by atoms with Crippen LogP contribution >= 0.6 is 11.6 Å². The quantitative estimate of drug-likeness (QED) is 0.802. The van der Waals surface area contributed by atoms with Crippen LogP contribution in [0.5, 0.6) is 0 Å². The first-order valence-electron chi connectivity index (χ1n) is 6.56. The molecule has 2 heteroatoms. The van der Waals surface area contributed by atoms with E-state index >= 15 is 0 Å². The van der Waals surface area contributed by atoms with Crippen molar-refractivity contribution in [1.82, 2.24) is 5.32 Å². The molecule has 2 aromatic carbocycles. The van der Waals surface area contributed by atoms with E-state index in [1.165, 1.54) is 29.2 Å². The van der Waals surface area contributed by atoms with Gasteiger partial charge in [0.1, 0.15) is 0 Å². The topological polar surface area (TPSA) is 12.0 Å². The fraction of sp³-hybridized carbons (Fsp3) is 0.375. The molecular weight excluding hydrogens is 242 g/mol. The van der Waals surface area contributed by atoms with Crippen molar-refractivity contribution in [2.24, 2.45) is 5.41 Å². The van der Waals surface area contributed by atoms with E-state index in [1.807, 2.05) is 0 Å². The fourth-order valence-corrected chi connectivity index (χ4v) is 2.81. The summed E-state index contributed by atoms with van der Waals surface area (Å²) in [6.45, 7) is 1.97. The second kappa shape index (κ2) is 4.91. The van der Waals surface area contributed by atoms with Crippen LogP contribution in [0.2, 0.25) is 0 Å². The van der Waals surface area contributed by atoms with E-state index in [0.717, 1.165) is 19.0 Å². The molecule has 1 aliphatic carbocycles. The van der Waals surface area contributed by atoms with Crippen LogP contribution in [-0.4, -0.2) is 12.4 Å². The van der Waals surface area contributed by atoms with Crippen LogP contribution in [0.3, 0.4) is 0 Å². The summed E-state index contributed by atoms with van der Waals surface area (Å²) < 4.78 is 0. The fourth-order valence-electron chi connectivity index (χ4n) is 2.44. The Morgan fingerprint density at radius 2 is 1.83 bits per heavy atom. The van der Waals surface area contributed by atoms with Crippen LogP contribution in [0.25, 0.3) is 10.8 Å². The number of hydrogen-bond acceptors (Lipinski definition) is 1. The minimum Gasteiger partial charge on any atom is -0.312 e. The molecule has 0 amide bonds. The monoisotopic (exact) mass is 259 g/mol. The van der Waals surface area contributed by atoms with Crippen LogP contribution in [0.1, 0.15) is 18.4 Å². The lowest BCUT2D eigenvalue weighted by molar-refractivity contribution is 0.505. The van der Waals surface area contributed by atoms with Crippen molar-refractivity contribution in [3.63, 3.8) is 0 Å². The number of alkyl halides is 1. The largest absolute Gasteiger partial charge is 0.312 e. The van der Waals surface area contributed by atoms with Gasteiger partial charge in [0, 0.05) is 19.0 Å². The Bertz CT molecular complexity index is 540. The number of hydrogen-bond donors (Lipinski definition) is 1. The lowest BCUT2D eigenvalue weighted by Gasteiger charge is -2.13. The first-order valence-corrected chi connectivity index (χ1v) is 7.10. The number of rotatable bonds is 5. The maximum Gasteiger partial charge on any atom is 0.0292 e. The summed E-state index contributed by atoms with van der Waals surface area (Å²) in [5.74, 6) is 0.787. The summed E-state index contributed by atoms with van der Waals surface area (Å²) in [7, 11) is 0. The molecule has 0 atom stereocenters. The standard InChI is InChI=1S/C16H18ClN/c17-11-16(8-9-16)12-18-10-14-6-3-5-13-4-1-2-7-15(13)14/h1-7,18H,8-12H2. The zero-order chi connectivity index (χ0) is 12.4. The Morgan fingerprint density at radius 1 is 1.06 bits per heavy atom. The molecule has 1 N–H and O–H groups in total. The molecule has 94 valence electrons. The number of nitrogens with one attached hydrogen (secondary N) is 1. The molecule has 0 aliphatic heterocycles. The molecule has 0 spiro atoms. The zero-order valence-corrected chi connectivity index (χ0v) is 11.2. The molecule has 1 fully saturated rings. The molecule has 18 heavy (non-hydrogen) atoms. The molecule has 0 aromatic heterocycles. The third kappa shape index (κ3) is 2.38. The molecule has 1 nitrogen and oxygen atoms in total. The normalized spacial score (nSPS) is 16.9. The van der Waals surface area contributed by atoms with Gasteiger partial charge >= 0.3 is 0 Å². The predicted octanol–water partition coefficient (Wildman–Crippen LogP) is 3.95. The molecule has 0 saturated heterocycles. The van der Waals surface area contributed by atoms with E-state index in [0.29, 0.717) is 5.41 Å². The second-order valence-corrected chi connectivity index (χ2v) is 5.64. The van der Waals surface area contributed by atoms with Gasteiger partial charge < -0.3 is 5.32 Å². The van der Waals surface area contributed by atoms with Gasteiger partial charge in [-0.05, 0) is 34.6 Å². The number of benzene rings is 2. The third-order valence-electron chi connectivity index (χ3n) is 3.94. The van der Waals surface area contributed by atoms with Crippen molar-refractivity contribution in [2.75, 3.05) is 12.4 Å². The molecule has 0 bridgehead atoms. The summed E-state index contributed by atoms with van der Waals surface area (Å²) in [4.78, 5) is 0. The van der Waals surface area contributed by atoms with Gasteiger partial charge in [-0.25, -0.2) is 0 Å². The minimum atomic E-state index is 0.395. The molecule has 2 aromatic rings. The highest BCUT2D eigenvalue weighted by molar-refractivity contribution is 6.18. The van der Waals surface area contributed by atoms with Gasteiger partial charge in [0.15, 0.2) is 0 Å². The van der Waals surface area contributed by atoms with Crippen LogP contribution in [0.4, 0.5) is 0 Å². The lowest BCUT2D eigenvalue weighted by atomic mass is 10.0. The van der Waals surface area contributed by atoms with Crippen molar-refractivity contribution in [3.05, 3.63) is 48.0 Å². The van der Waals surface area contributed by atoms with Crippen molar-refractivity contribution < 1.29 is 0 Å². The Labute approximate surface area is 113 Å². The van der Waals surface area contributed by atoms with E-state index in [1.54, 1.807) is 0 Å². The van der Waals surface area contributed by atoms with E-state index < -0.39 is 0 Å². The van der Waals surface area contributed by atoms with Crippen molar-refractivity contribution >= 4 is 22.4 Å². The van der Waals surface area contributed by atoms with Gasteiger partial charge in [0.2, 0.25) is 0 Å². The van der Waals surface area contributed by atoms with Gasteiger partial charge in [-0.3, -0.25) is 0 Å². The molecule has 0 unspecified atom stereocenters. The van der Waals surface area contributed by atoms with E-state index in [4.69, 9.17) is 11.6 Å². The first-order chi connectivity index (χ1) is 8.83. The van der Waals surface area contributed by atoms with Crippen molar-refractivity contribution in [2.45, 2.75) is 19.4 Å². The summed E-state index contributed by atoms with van der Waals surface area (Å²) in [5.41, 5.74) is 1.77. The maximum atomic E-state index is 5.99. The van der Waals surface area contributed by atoms with E-state index in [-0.39, 0.29) is 0 Å². The van der Waals surface area contributed by atoms with Crippen LogP contribution in [0.15, 0.2) is 42.5 Å². The average Bonchev–Trinajstić information content (AvgIpc) is 3.20. The van der Waals surface area contributed by atoms with Gasteiger partial charge in [-0.1, -0.05) is 42.5 Å². The predicted molar refractivity (Wildman–Crippen MR) is 78.0 cm³/mol. The number of halogens is 1. The molecule has 1 saturated carbocycles. The molecule has 3 rings (SSSR count). The molecule has 1 aliphatic rings. The smallest absolute Gasteiger partial charge is 0.0292 e. The average molecular weight is 260 g/mol.